The van der Waals surface area contributed by atoms with Crippen LogP contribution in [0.2, 0.25) is 0 Å². The Kier molecular flexibility index (Phi) is 6.32. The minimum absolute atomic E-state index is 0.00485. The summed E-state index contributed by atoms with van der Waals surface area (Å²) in [5, 5.41) is 11.5. The van der Waals surface area contributed by atoms with Crippen LogP contribution in [0, 0.1) is 5.92 Å². The molecule has 1 saturated heterocycles. The number of likely N-dealkylation sites (tertiary alicyclic amines) is 1. The molecule has 0 aliphatic carbocycles. The first-order chi connectivity index (χ1) is 12.6. The van der Waals surface area contributed by atoms with Gasteiger partial charge in [0.15, 0.2) is 0 Å². The highest BCUT2D eigenvalue weighted by Gasteiger charge is 2.33. The van der Waals surface area contributed by atoms with Gasteiger partial charge in [-0.15, -0.1) is 0 Å². The molecule has 3 heterocycles. The van der Waals surface area contributed by atoms with Gasteiger partial charge in [0, 0.05) is 45.0 Å². The number of hydrogen-bond acceptors (Lipinski definition) is 4. The molecule has 1 aliphatic rings. The summed E-state index contributed by atoms with van der Waals surface area (Å²) in [7, 11) is 3.86. The van der Waals surface area contributed by atoms with Crippen LogP contribution in [-0.4, -0.2) is 52.3 Å². The standard InChI is InChI=1S/C19H29N5OS/c1-4-24-8-5-6-16(18(24)17-11-21-23(3)13-17)12-22(2)19(25)20-10-15-7-9-26-14-15/h7,9,11,13-14,16,18H,4-6,8,10,12H2,1-3H3,(H,20,25)/t16-,18+/m0/s1. The van der Waals surface area contributed by atoms with E-state index in [1.807, 2.05) is 41.3 Å². The van der Waals surface area contributed by atoms with Crippen LogP contribution >= 0.6 is 11.3 Å². The van der Waals surface area contributed by atoms with Crippen molar-refractivity contribution in [3.05, 3.63) is 40.3 Å². The third kappa shape index (κ3) is 4.45. The van der Waals surface area contributed by atoms with E-state index in [0.29, 0.717) is 18.5 Å². The Balaban J connectivity index is 1.64. The van der Waals surface area contributed by atoms with Crippen molar-refractivity contribution in [2.24, 2.45) is 13.0 Å². The number of thiophene rings is 1. The summed E-state index contributed by atoms with van der Waals surface area (Å²) < 4.78 is 1.87. The van der Waals surface area contributed by atoms with Gasteiger partial charge in [-0.05, 0) is 54.2 Å². The molecule has 2 aromatic rings. The predicted molar refractivity (Wildman–Crippen MR) is 105 cm³/mol. The highest BCUT2D eigenvalue weighted by atomic mass is 32.1. The van der Waals surface area contributed by atoms with E-state index in [1.54, 1.807) is 11.3 Å². The van der Waals surface area contributed by atoms with E-state index in [1.165, 1.54) is 12.0 Å². The second-order valence-corrected chi connectivity index (χ2v) is 7.87. The van der Waals surface area contributed by atoms with Gasteiger partial charge in [0.25, 0.3) is 0 Å². The van der Waals surface area contributed by atoms with E-state index in [4.69, 9.17) is 0 Å². The van der Waals surface area contributed by atoms with E-state index in [2.05, 4.69) is 33.8 Å². The molecule has 0 spiro atoms. The lowest BCUT2D eigenvalue weighted by Crippen LogP contribution is -2.46. The summed E-state index contributed by atoms with van der Waals surface area (Å²) in [5.74, 6) is 0.421. The molecule has 0 bridgehead atoms. The van der Waals surface area contributed by atoms with Crippen LogP contribution in [0.4, 0.5) is 4.79 Å². The molecule has 1 N–H and O–H groups in total. The number of nitrogens with zero attached hydrogens (tertiary/aromatic N) is 4. The molecule has 3 rings (SSSR count). The van der Waals surface area contributed by atoms with Crippen molar-refractivity contribution in [2.45, 2.75) is 32.4 Å². The van der Waals surface area contributed by atoms with E-state index in [-0.39, 0.29) is 6.03 Å². The number of piperidine rings is 1. The van der Waals surface area contributed by atoms with Crippen LogP contribution in [0.15, 0.2) is 29.2 Å². The molecule has 2 amide bonds. The number of carbonyl (C=O) groups is 1. The van der Waals surface area contributed by atoms with Gasteiger partial charge in [0.2, 0.25) is 0 Å². The molecule has 0 unspecified atom stereocenters. The largest absolute Gasteiger partial charge is 0.334 e. The fourth-order valence-electron chi connectivity index (χ4n) is 3.91. The normalized spacial score (nSPS) is 20.9. The number of aromatic nitrogens is 2. The van der Waals surface area contributed by atoms with Gasteiger partial charge in [-0.3, -0.25) is 9.58 Å². The molecule has 142 valence electrons. The number of amides is 2. The Morgan fingerprint density at radius 1 is 1.50 bits per heavy atom. The van der Waals surface area contributed by atoms with Crippen LogP contribution in [0.5, 0.6) is 0 Å². The lowest BCUT2D eigenvalue weighted by Gasteiger charge is -2.42. The second kappa shape index (κ2) is 8.68. The minimum atomic E-state index is -0.00485. The molecule has 6 nitrogen and oxygen atoms in total. The first kappa shape index (κ1) is 18.9. The fourth-order valence-corrected chi connectivity index (χ4v) is 4.58. The Morgan fingerprint density at radius 3 is 3.00 bits per heavy atom. The maximum atomic E-state index is 12.5. The molecule has 0 radical (unpaired) electrons. The van der Waals surface area contributed by atoms with Crippen molar-refractivity contribution < 1.29 is 4.79 Å². The Hall–Kier alpha value is -1.86. The summed E-state index contributed by atoms with van der Waals surface area (Å²) in [6.45, 7) is 5.68. The number of carbonyl (C=O) groups excluding carboxylic acids is 1. The van der Waals surface area contributed by atoms with Gasteiger partial charge < -0.3 is 10.2 Å². The number of aryl methyl sites for hydroxylation is 1. The van der Waals surface area contributed by atoms with Gasteiger partial charge in [0.1, 0.15) is 0 Å². The lowest BCUT2D eigenvalue weighted by molar-refractivity contribution is 0.0813. The Morgan fingerprint density at radius 2 is 2.35 bits per heavy atom. The highest BCUT2D eigenvalue weighted by Crippen LogP contribution is 2.36. The van der Waals surface area contributed by atoms with Crippen LogP contribution in [0.1, 0.15) is 36.9 Å². The number of nitrogens with one attached hydrogen (secondary N) is 1. The molecular weight excluding hydrogens is 346 g/mol. The molecule has 0 aromatic carbocycles. The molecule has 7 heteroatoms. The van der Waals surface area contributed by atoms with Crippen molar-refractivity contribution in [1.82, 2.24) is 24.9 Å². The number of rotatable bonds is 6. The summed E-state index contributed by atoms with van der Waals surface area (Å²) in [6, 6.07) is 2.37. The predicted octanol–water partition coefficient (Wildman–Crippen LogP) is 3.10. The average Bonchev–Trinajstić information content (AvgIpc) is 3.30. The van der Waals surface area contributed by atoms with Crippen molar-refractivity contribution in [1.29, 1.82) is 0 Å². The lowest BCUT2D eigenvalue weighted by atomic mass is 9.85. The SMILES string of the molecule is CCN1CCC[C@@H](CN(C)C(=O)NCc2ccsc2)[C@@H]1c1cnn(C)c1. The van der Waals surface area contributed by atoms with Gasteiger partial charge in [-0.2, -0.15) is 16.4 Å². The van der Waals surface area contributed by atoms with Gasteiger partial charge in [-0.25, -0.2) is 4.79 Å². The summed E-state index contributed by atoms with van der Waals surface area (Å²) in [6.07, 6.45) is 6.41. The zero-order valence-corrected chi connectivity index (χ0v) is 16.7. The average molecular weight is 376 g/mol. The molecule has 1 aliphatic heterocycles. The van der Waals surface area contributed by atoms with Gasteiger partial charge in [-0.1, -0.05) is 6.92 Å². The summed E-state index contributed by atoms with van der Waals surface area (Å²) in [5.41, 5.74) is 2.41. The molecule has 2 aromatic heterocycles. The van der Waals surface area contributed by atoms with E-state index >= 15 is 0 Å². The zero-order valence-electron chi connectivity index (χ0n) is 15.9. The third-order valence-corrected chi connectivity index (χ3v) is 5.94. The second-order valence-electron chi connectivity index (χ2n) is 7.09. The Labute approximate surface area is 159 Å². The highest BCUT2D eigenvalue weighted by molar-refractivity contribution is 7.07. The summed E-state index contributed by atoms with van der Waals surface area (Å²) in [4.78, 5) is 16.8. The topological polar surface area (TPSA) is 53.4 Å². The van der Waals surface area contributed by atoms with Gasteiger partial charge >= 0.3 is 6.03 Å². The van der Waals surface area contributed by atoms with Crippen LogP contribution in [0.25, 0.3) is 0 Å². The van der Waals surface area contributed by atoms with E-state index in [0.717, 1.165) is 31.6 Å². The first-order valence-electron chi connectivity index (χ1n) is 9.31. The van der Waals surface area contributed by atoms with Crippen LogP contribution in [-0.2, 0) is 13.6 Å². The number of urea groups is 1. The molecule has 0 saturated carbocycles. The molecular formula is C19H29N5OS. The van der Waals surface area contributed by atoms with E-state index < -0.39 is 0 Å². The Bertz CT molecular complexity index is 699. The zero-order chi connectivity index (χ0) is 18.5. The molecule has 1 fully saturated rings. The van der Waals surface area contributed by atoms with Crippen molar-refractivity contribution in [3.8, 4) is 0 Å². The maximum absolute atomic E-state index is 12.5. The first-order valence-corrected chi connectivity index (χ1v) is 10.3. The van der Waals surface area contributed by atoms with Crippen LogP contribution < -0.4 is 5.32 Å². The molecule has 26 heavy (non-hydrogen) atoms. The molecule has 2 atom stereocenters. The smallest absolute Gasteiger partial charge is 0.317 e. The number of hydrogen-bond donors (Lipinski definition) is 1. The summed E-state index contributed by atoms with van der Waals surface area (Å²) >= 11 is 1.65. The van der Waals surface area contributed by atoms with Gasteiger partial charge in [0.05, 0.1) is 6.20 Å². The fraction of sp³-hybridized carbons (Fsp3) is 0.579. The monoisotopic (exact) mass is 375 g/mol. The van der Waals surface area contributed by atoms with Crippen molar-refractivity contribution >= 4 is 17.4 Å². The van der Waals surface area contributed by atoms with E-state index in [9.17, 15) is 4.79 Å². The maximum Gasteiger partial charge on any atom is 0.317 e. The quantitative estimate of drug-likeness (QED) is 0.844. The van der Waals surface area contributed by atoms with Crippen LogP contribution in [0.3, 0.4) is 0 Å². The minimum Gasteiger partial charge on any atom is -0.334 e. The van der Waals surface area contributed by atoms with Crippen molar-refractivity contribution in [2.75, 3.05) is 26.7 Å². The third-order valence-electron chi connectivity index (χ3n) is 5.21. The van der Waals surface area contributed by atoms with Crippen molar-refractivity contribution in [3.63, 3.8) is 0 Å².